The van der Waals surface area contributed by atoms with Gasteiger partial charge in [-0.2, -0.15) is 0 Å². The second-order valence-corrected chi connectivity index (χ2v) is 5.59. The zero-order valence-corrected chi connectivity index (χ0v) is 12.4. The van der Waals surface area contributed by atoms with Crippen molar-refractivity contribution in [3.05, 3.63) is 40.3 Å². The lowest BCUT2D eigenvalue weighted by molar-refractivity contribution is -0.116. The van der Waals surface area contributed by atoms with E-state index >= 15 is 0 Å². The number of nitrogens with one attached hydrogen (secondary N) is 1. The van der Waals surface area contributed by atoms with E-state index in [0.717, 1.165) is 18.5 Å². The average molecular weight is 302 g/mol. The molecule has 1 amide bonds. The Hall–Kier alpha value is -2.44. The van der Waals surface area contributed by atoms with Crippen LogP contribution in [0.1, 0.15) is 43.1 Å². The molecule has 0 spiro atoms. The predicted molar refractivity (Wildman–Crippen MR) is 79.6 cm³/mol. The maximum atomic E-state index is 12.0. The van der Waals surface area contributed by atoms with Gasteiger partial charge in [0.25, 0.3) is 5.56 Å². The predicted octanol–water partition coefficient (Wildman–Crippen LogP) is 1.84. The van der Waals surface area contributed by atoms with E-state index in [-0.39, 0.29) is 17.9 Å². The first kappa shape index (κ1) is 14.5. The van der Waals surface area contributed by atoms with Crippen molar-refractivity contribution >= 4 is 11.7 Å². The lowest BCUT2D eigenvalue weighted by Gasteiger charge is -2.24. The molecule has 22 heavy (non-hydrogen) atoms. The molecular weight excluding hydrogens is 284 g/mol. The lowest BCUT2D eigenvalue weighted by Crippen LogP contribution is -2.25. The van der Waals surface area contributed by atoms with Crippen LogP contribution in [0.3, 0.4) is 0 Å². The first-order chi connectivity index (χ1) is 10.6. The fraction of sp³-hybridized carbons (Fsp3) is 0.467. The summed E-state index contributed by atoms with van der Waals surface area (Å²) in [5, 5.41) is 6.31. The maximum Gasteiger partial charge on any atom is 0.253 e. The van der Waals surface area contributed by atoms with E-state index in [1.54, 1.807) is 19.1 Å². The van der Waals surface area contributed by atoms with Crippen molar-refractivity contribution in [2.75, 3.05) is 5.32 Å². The second-order valence-electron chi connectivity index (χ2n) is 5.59. The summed E-state index contributed by atoms with van der Waals surface area (Å²) in [5.41, 5.74) is 0.761. The van der Waals surface area contributed by atoms with E-state index in [1.165, 1.54) is 17.3 Å². The van der Waals surface area contributed by atoms with Crippen LogP contribution in [0.4, 0.5) is 5.82 Å². The van der Waals surface area contributed by atoms with Gasteiger partial charge in [0, 0.05) is 31.0 Å². The van der Waals surface area contributed by atoms with Crippen LogP contribution in [0, 0.1) is 6.92 Å². The molecule has 2 aromatic rings. The normalized spacial score (nSPS) is 14.6. The summed E-state index contributed by atoms with van der Waals surface area (Å²) < 4.78 is 6.32. The Bertz CT molecular complexity index is 730. The van der Waals surface area contributed by atoms with Crippen LogP contribution in [-0.4, -0.2) is 20.6 Å². The van der Waals surface area contributed by atoms with Crippen LogP contribution in [0.15, 0.2) is 27.8 Å². The second kappa shape index (κ2) is 6.13. The Morgan fingerprint density at radius 2 is 2.27 bits per heavy atom. The van der Waals surface area contributed by atoms with Gasteiger partial charge in [0.15, 0.2) is 5.82 Å². The van der Waals surface area contributed by atoms with E-state index < -0.39 is 0 Å². The SMILES string of the molecule is Cc1cc(NC(=O)CCn2cnc(C3CCC3)cc2=O)no1. The maximum absolute atomic E-state index is 12.0. The molecule has 1 aliphatic carbocycles. The lowest BCUT2D eigenvalue weighted by atomic mass is 9.83. The van der Waals surface area contributed by atoms with Gasteiger partial charge in [-0.3, -0.25) is 14.2 Å². The molecule has 1 fully saturated rings. The minimum Gasteiger partial charge on any atom is -0.360 e. The fourth-order valence-corrected chi connectivity index (χ4v) is 2.39. The molecule has 1 saturated carbocycles. The van der Waals surface area contributed by atoms with E-state index in [1.807, 2.05) is 0 Å². The third-order valence-electron chi connectivity index (χ3n) is 3.90. The van der Waals surface area contributed by atoms with E-state index in [9.17, 15) is 9.59 Å². The number of rotatable bonds is 5. The van der Waals surface area contributed by atoms with E-state index in [4.69, 9.17) is 4.52 Å². The summed E-state index contributed by atoms with van der Waals surface area (Å²) in [4.78, 5) is 28.2. The van der Waals surface area contributed by atoms with Crippen molar-refractivity contribution in [1.82, 2.24) is 14.7 Å². The van der Waals surface area contributed by atoms with Crippen molar-refractivity contribution in [2.45, 2.75) is 45.1 Å². The Balaban J connectivity index is 1.56. The van der Waals surface area contributed by atoms with Gasteiger partial charge < -0.3 is 9.84 Å². The highest BCUT2D eigenvalue weighted by molar-refractivity contribution is 5.89. The number of carbonyl (C=O) groups excluding carboxylic acids is 1. The average Bonchev–Trinajstić information content (AvgIpc) is 2.81. The van der Waals surface area contributed by atoms with Gasteiger partial charge in [-0.1, -0.05) is 11.6 Å². The van der Waals surface area contributed by atoms with Gasteiger partial charge in [0.05, 0.1) is 12.0 Å². The van der Waals surface area contributed by atoms with Crippen molar-refractivity contribution in [3.8, 4) is 0 Å². The molecule has 2 aromatic heterocycles. The number of hydrogen-bond donors (Lipinski definition) is 1. The Morgan fingerprint density at radius 1 is 1.45 bits per heavy atom. The summed E-state index contributed by atoms with van der Waals surface area (Å²) in [5.74, 6) is 1.22. The largest absolute Gasteiger partial charge is 0.360 e. The number of amides is 1. The molecule has 3 rings (SSSR count). The highest BCUT2D eigenvalue weighted by Crippen LogP contribution is 2.34. The first-order valence-corrected chi connectivity index (χ1v) is 7.41. The third kappa shape index (κ3) is 3.24. The highest BCUT2D eigenvalue weighted by atomic mass is 16.5. The summed E-state index contributed by atoms with van der Waals surface area (Å²) >= 11 is 0. The summed E-state index contributed by atoms with van der Waals surface area (Å²) in [7, 11) is 0. The minimum atomic E-state index is -0.219. The van der Waals surface area contributed by atoms with Gasteiger partial charge >= 0.3 is 0 Å². The molecule has 0 unspecified atom stereocenters. The summed E-state index contributed by atoms with van der Waals surface area (Å²) in [6.45, 7) is 2.04. The Labute approximate surface area is 127 Å². The quantitative estimate of drug-likeness (QED) is 0.910. The van der Waals surface area contributed by atoms with Gasteiger partial charge in [-0.15, -0.1) is 0 Å². The third-order valence-corrected chi connectivity index (χ3v) is 3.90. The highest BCUT2D eigenvalue weighted by Gasteiger charge is 2.21. The van der Waals surface area contributed by atoms with Crippen molar-refractivity contribution in [3.63, 3.8) is 0 Å². The Kier molecular flexibility index (Phi) is 4.04. The van der Waals surface area contributed by atoms with Gasteiger partial charge in [-0.05, 0) is 19.8 Å². The molecule has 0 saturated heterocycles. The van der Waals surface area contributed by atoms with Crippen LogP contribution in [0.25, 0.3) is 0 Å². The van der Waals surface area contributed by atoms with Crippen LogP contribution in [-0.2, 0) is 11.3 Å². The molecule has 0 atom stereocenters. The molecule has 0 radical (unpaired) electrons. The molecule has 2 heterocycles. The minimum absolute atomic E-state index is 0.109. The van der Waals surface area contributed by atoms with Crippen molar-refractivity contribution in [1.29, 1.82) is 0 Å². The van der Waals surface area contributed by atoms with Gasteiger partial charge in [0.1, 0.15) is 5.76 Å². The number of hydrogen-bond acceptors (Lipinski definition) is 5. The van der Waals surface area contributed by atoms with E-state index in [0.29, 0.717) is 24.0 Å². The standard InChI is InChI=1S/C15H18N4O3/c1-10-7-13(18-22-10)17-14(20)5-6-19-9-16-12(8-15(19)21)11-3-2-4-11/h7-9,11H,2-6H2,1H3,(H,17,18,20). The monoisotopic (exact) mass is 302 g/mol. The van der Waals surface area contributed by atoms with Crippen LogP contribution in [0.5, 0.6) is 0 Å². The molecule has 0 bridgehead atoms. The molecule has 0 aliphatic heterocycles. The fourth-order valence-electron chi connectivity index (χ4n) is 2.39. The number of aromatic nitrogens is 3. The topological polar surface area (TPSA) is 90.0 Å². The molecule has 7 heteroatoms. The zero-order valence-electron chi connectivity index (χ0n) is 12.4. The van der Waals surface area contributed by atoms with Crippen LogP contribution >= 0.6 is 0 Å². The van der Waals surface area contributed by atoms with Crippen molar-refractivity contribution < 1.29 is 9.32 Å². The summed E-state index contributed by atoms with van der Waals surface area (Å²) in [6.07, 6.45) is 5.13. The van der Waals surface area contributed by atoms with Crippen LogP contribution < -0.4 is 10.9 Å². The molecule has 1 aliphatic rings. The molecule has 116 valence electrons. The van der Waals surface area contributed by atoms with Crippen molar-refractivity contribution in [2.24, 2.45) is 0 Å². The zero-order chi connectivity index (χ0) is 15.5. The molecule has 0 aromatic carbocycles. The number of anilines is 1. The molecular formula is C15H18N4O3. The Morgan fingerprint density at radius 3 is 2.86 bits per heavy atom. The van der Waals surface area contributed by atoms with Crippen LogP contribution in [0.2, 0.25) is 0 Å². The van der Waals surface area contributed by atoms with Gasteiger partial charge in [-0.25, -0.2) is 4.98 Å². The van der Waals surface area contributed by atoms with Gasteiger partial charge in [0.2, 0.25) is 5.91 Å². The smallest absolute Gasteiger partial charge is 0.253 e. The number of carbonyl (C=O) groups is 1. The summed E-state index contributed by atoms with van der Waals surface area (Å²) in [6, 6.07) is 3.22. The number of aryl methyl sites for hydroxylation is 2. The molecule has 1 N–H and O–H groups in total. The first-order valence-electron chi connectivity index (χ1n) is 7.41. The molecule has 7 nitrogen and oxygen atoms in total. The number of nitrogens with zero attached hydrogens (tertiary/aromatic N) is 3. The van der Waals surface area contributed by atoms with E-state index in [2.05, 4.69) is 15.5 Å².